The molecule has 0 aliphatic heterocycles. The maximum atomic E-state index is 10.6. The number of halogens is 2. The first-order chi connectivity index (χ1) is 7.58. The van der Waals surface area contributed by atoms with Crippen molar-refractivity contribution in [2.75, 3.05) is 0 Å². The lowest BCUT2D eigenvalue weighted by Gasteiger charge is -1.99. The van der Waals surface area contributed by atoms with E-state index < -0.39 is 5.97 Å². The topological polar surface area (TPSA) is 63.3 Å². The lowest BCUT2D eigenvalue weighted by Crippen LogP contribution is -1.95. The van der Waals surface area contributed by atoms with Crippen molar-refractivity contribution in [3.63, 3.8) is 0 Å². The first-order valence-electron chi connectivity index (χ1n) is 4.22. The van der Waals surface area contributed by atoms with Crippen LogP contribution in [0.3, 0.4) is 0 Å². The van der Waals surface area contributed by atoms with E-state index in [1.54, 1.807) is 18.2 Å². The summed E-state index contributed by atoms with van der Waals surface area (Å²) in [7, 11) is 0. The molecule has 0 atom stereocenters. The van der Waals surface area contributed by atoms with Gasteiger partial charge in [-0.15, -0.1) is 0 Å². The quantitative estimate of drug-likeness (QED) is 0.923. The molecule has 0 saturated carbocycles. The van der Waals surface area contributed by atoms with E-state index in [0.29, 0.717) is 10.6 Å². The first kappa shape index (κ1) is 11.2. The van der Waals surface area contributed by atoms with Gasteiger partial charge < -0.3 is 9.52 Å². The summed E-state index contributed by atoms with van der Waals surface area (Å²) in [5.41, 5.74) is 0.474. The van der Waals surface area contributed by atoms with Gasteiger partial charge in [-0.25, -0.2) is 9.78 Å². The summed E-state index contributed by atoms with van der Waals surface area (Å²) in [6.07, 6.45) is 1.09. The minimum absolute atomic E-state index is 0.137. The third-order valence-corrected chi connectivity index (χ3v) is 2.81. The van der Waals surface area contributed by atoms with Crippen LogP contribution in [0.25, 0.3) is 11.5 Å². The minimum atomic E-state index is -1.13. The molecule has 82 valence electrons. The molecule has 16 heavy (non-hydrogen) atoms. The Morgan fingerprint density at radius 2 is 2.25 bits per heavy atom. The van der Waals surface area contributed by atoms with Gasteiger partial charge in [0.1, 0.15) is 6.26 Å². The van der Waals surface area contributed by atoms with Crippen LogP contribution in [0, 0.1) is 0 Å². The second-order valence-corrected chi connectivity index (χ2v) is 4.26. The highest BCUT2D eigenvalue weighted by atomic mass is 79.9. The third-order valence-electron chi connectivity index (χ3n) is 1.88. The molecule has 0 aliphatic carbocycles. The average Bonchev–Trinajstić information content (AvgIpc) is 2.70. The zero-order valence-electron chi connectivity index (χ0n) is 7.78. The Morgan fingerprint density at radius 1 is 1.50 bits per heavy atom. The molecule has 1 heterocycles. The maximum Gasteiger partial charge on any atom is 0.357 e. The van der Waals surface area contributed by atoms with Crippen molar-refractivity contribution in [2.24, 2.45) is 0 Å². The van der Waals surface area contributed by atoms with Gasteiger partial charge in [-0.1, -0.05) is 11.6 Å². The van der Waals surface area contributed by atoms with Crippen LogP contribution in [-0.4, -0.2) is 16.1 Å². The summed E-state index contributed by atoms with van der Waals surface area (Å²) in [6, 6.07) is 5.08. The number of rotatable bonds is 2. The van der Waals surface area contributed by atoms with Gasteiger partial charge in [0.2, 0.25) is 5.89 Å². The maximum absolute atomic E-state index is 10.6. The second-order valence-electron chi connectivity index (χ2n) is 2.97. The van der Waals surface area contributed by atoms with Crippen LogP contribution in [-0.2, 0) is 0 Å². The second kappa shape index (κ2) is 4.27. The Hall–Kier alpha value is -1.33. The summed E-state index contributed by atoms with van der Waals surface area (Å²) >= 11 is 9.14. The van der Waals surface area contributed by atoms with Crippen LogP contribution < -0.4 is 0 Å². The Labute approximate surface area is 104 Å². The van der Waals surface area contributed by atoms with Gasteiger partial charge >= 0.3 is 5.97 Å². The summed E-state index contributed by atoms with van der Waals surface area (Å²) < 4.78 is 5.80. The molecule has 2 aromatic rings. The molecule has 0 radical (unpaired) electrons. The lowest BCUT2D eigenvalue weighted by molar-refractivity contribution is 0.0690. The molecule has 2 rings (SSSR count). The van der Waals surface area contributed by atoms with Crippen molar-refractivity contribution >= 4 is 33.5 Å². The first-order valence-corrected chi connectivity index (χ1v) is 5.39. The number of oxazole rings is 1. The fraction of sp³-hybridized carbons (Fsp3) is 0. The molecule has 0 saturated heterocycles. The van der Waals surface area contributed by atoms with Gasteiger partial charge in [-0.05, 0) is 34.1 Å². The number of benzene rings is 1. The van der Waals surface area contributed by atoms with Gasteiger partial charge in [0.05, 0.1) is 5.56 Å². The van der Waals surface area contributed by atoms with Crippen LogP contribution >= 0.6 is 27.5 Å². The summed E-state index contributed by atoms with van der Waals surface area (Å²) in [5, 5.41) is 9.23. The predicted molar refractivity (Wildman–Crippen MR) is 61.6 cm³/mol. The van der Waals surface area contributed by atoms with Crippen LogP contribution in [0.2, 0.25) is 5.02 Å². The van der Waals surface area contributed by atoms with Gasteiger partial charge in [0.15, 0.2) is 5.69 Å². The predicted octanol–water partition coefficient (Wildman–Crippen LogP) is 3.46. The Morgan fingerprint density at radius 3 is 2.88 bits per heavy atom. The minimum Gasteiger partial charge on any atom is -0.476 e. The molecule has 0 aliphatic rings. The van der Waals surface area contributed by atoms with E-state index in [2.05, 4.69) is 20.9 Å². The highest BCUT2D eigenvalue weighted by molar-refractivity contribution is 9.10. The van der Waals surface area contributed by atoms with Crippen molar-refractivity contribution in [3.05, 3.63) is 39.7 Å². The zero-order chi connectivity index (χ0) is 11.7. The Bertz CT molecular complexity index is 553. The highest BCUT2D eigenvalue weighted by Gasteiger charge is 2.14. The average molecular weight is 303 g/mol. The Kier molecular flexibility index (Phi) is 2.98. The molecular formula is C10H5BrClNO3. The van der Waals surface area contributed by atoms with E-state index in [9.17, 15) is 4.79 Å². The molecule has 1 aromatic carbocycles. The molecule has 0 bridgehead atoms. The number of carboxylic acids is 1. The Balaban J connectivity index is 2.50. The molecule has 0 spiro atoms. The summed E-state index contributed by atoms with van der Waals surface area (Å²) in [6.45, 7) is 0. The van der Waals surface area contributed by atoms with E-state index >= 15 is 0 Å². The normalized spacial score (nSPS) is 10.4. The summed E-state index contributed by atoms with van der Waals surface area (Å²) in [5.74, 6) is -0.917. The fourth-order valence-electron chi connectivity index (χ4n) is 1.16. The SMILES string of the molecule is O=C(O)c1coc(-c2cc(Cl)ccc2Br)n1. The van der Waals surface area contributed by atoms with Crippen molar-refractivity contribution in [2.45, 2.75) is 0 Å². The molecule has 1 aromatic heterocycles. The van der Waals surface area contributed by atoms with E-state index in [0.717, 1.165) is 10.7 Å². The van der Waals surface area contributed by atoms with E-state index in [1.165, 1.54) is 0 Å². The number of hydrogen-bond acceptors (Lipinski definition) is 3. The van der Waals surface area contributed by atoms with E-state index in [4.69, 9.17) is 21.1 Å². The van der Waals surface area contributed by atoms with Crippen LogP contribution in [0.15, 0.2) is 33.4 Å². The molecule has 0 unspecified atom stereocenters. The van der Waals surface area contributed by atoms with Crippen molar-refractivity contribution in [3.8, 4) is 11.5 Å². The lowest BCUT2D eigenvalue weighted by atomic mass is 10.2. The van der Waals surface area contributed by atoms with Gasteiger partial charge in [-0.3, -0.25) is 0 Å². The van der Waals surface area contributed by atoms with Crippen molar-refractivity contribution < 1.29 is 14.3 Å². The van der Waals surface area contributed by atoms with Gasteiger partial charge in [-0.2, -0.15) is 0 Å². The van der Waals surface area contributed by atoms with Gasteiger partial charge in [0.25, 0.3) is 0 Å². The molecule has 6 heteroatoms. The molecule has 0 amide bonds. The fourth-order valence-corrected chi connectivity index (χ4v) is 1.75. The third kappa shape index (κ3) is 2.10. The van der Waals surface area contributed by atoms with Crippen molar-refractivity contribution in [1.29, 1.82) is 0 Å². The number of aromatic nitrogens is 1. The van der Waals surface area contributed by atoms with Crippen LogP contribution in [0.5, 0.6) is 0 Å². The summed E-state index contributed by atoms with van der Waals surface area (Å²) in [4.78, 5) is 14.5. The van der Waals surface area contributed by atoms with Crippen LogP contribution in [0.4, 0.5) is 0 Å². The smallest absolute Gasteiger partial charge is 0.357 e. The number of nitrogens with zero attached hydrogens (tertiary/aromatic N) is 1. The molecular weight excluding hydrogens is 297 g/mol. The highest BCUT2D eigenvalue weighted by Crippen LogP contribution is 2.30. The number of hydrogen-bond donors (Lipinski definition) is 1. The monoisotopic (exact) mass is 301 g/mol. The van der Waals surface area contributed by atoms with E-state index in [1.807, 2.05) is 0 Å². The number of aromatic carboxylic acids is 1. The van der Waals surface area contributed by atoms with E-state index in [-0.39, 0.29) is 11.6 Å². The van der Waals surface area contributed by atoms with Crippen LogP contribution in [0.1, 0.15) is 10.5 Å². The zero-order valence-corrected chi connectivity index (χ0v) is 10.1. The largest absolute Gasteiger partial charge is 0.476 e. The molecule has 4 nitrogen and oxygen atoms in total. The molecule has 0 fully saturated rings. The standard InChI is InChI=1S/C10H5BrClNO3/c11-7-2-1-5(12)3-6(7)9-13-8(4-16-9)10(14)15/h1-4H,(H,14,15). The van der Waals surface area contributed by atoms with Crippen molar-refractivity contribution in [1.82, 2.24) is 4.98 Å². The molecule has 1 N–H and O–H groups in total. The number of carbonyl (C=O) groups is 1. The van der Waals surface area contributed by atoms with Gasteiger partial charge in [0, 0.05) is 9.50 Å². The number of carboxylic acid groups (broad SMARTS) is 1.